The number of guanidine groups is 1. The zero-order valence-electron chi connectivity index (χ0n) is 13.9. The van der Waals surface area contributed by atoms with Gasteiger partial charge in [0.25, 0.3) is 0 Å². The molecule has 1 heterocycles. The fourth-order valence-corrected chi connectivity index (χ4v) is 3.14. The molecule has 0 saturated carbocycles. The van der Waals surface area contributed by atoms with E-state index in [1.165, 1.54) is 10.4 Å². The third kappa shape index (κ3) is 6.87. The van der Waals surface area contributed by atoms with Crippen molar-refractivity contribution in [2.75, 3.05) is 13.6 Å². The molecule has 1 aromatic carbocycles. The maximum Gasteiger partial charge on any atom is 0.191 e. The number of thiazole rings is 1. The van der Waals surface area contributed by atoms with Gasteiger partial charge in [0, 0.05) is 18.5 Å². The van der Waals surface area contributed by atoms with Crippen molar-refractivity contribution in [3.8, 4) is 0 Å². The SMILES string of the molecule is CN=C(NCCCc1ccccc1)NCc1sc(C)nc1C.I. The molecule has 0 spiro atoms. The van der Waals surface area contributed by atoms with Gasteiger partial charge in [0.2, 0.25) is 0 Å². The van der Waals surface area contributed by atoms with Crippen LogP contribution in [0, 0.1) is 13.8 Å². The highest BCUT2D eigenvalue weighted by molar-refractivity contribution is 14.0. The van der Waals surface area contributed by atoms with Crippen molar-refractivity contribution in [1.29, 1.82) is 0 Å². The summed E-state index contributed by atoms with van der Waals surface area (Å²) in [4.78, 5) is 9.97. The van der Waals surface area contributed by atoms with Gasteiger partial charge < -0.3 is 10.6 Å². The van der Waals surface area contributed by atoms with E-state index < -0.39 is 0 Å². The Morgan fingerprint density at radius 3 is 2.52 bits per heavy atom. The molecule has 0 aliphatic rings. The van der Waals surface area contributed by atoms with Gasteiger partial charge >= 0.3 is 0 Å². The number of aromatic nitrogens is 1. The molecule has 1 aromatic heterocycles. The van der Waals surface area contributed by atoms with Crippen LogP contribution in [-0.4, -0.2) is 24.5 Å². The first-order valence-corrected chi connectivity index (χ1v) is 8.42. The number of benzene rings is 1. The molecule has 2 N–H and O–H groups in total. The quantitative estimate of drug-likeness (QED) is 0.309. The van der Waals surface area contributed by atoms with Crippen LogP contribution in [0.3, 0.4) is 0 Å². The molecule has 23 heavy (non-hydrogen) atoms. The van der Waals surface area contributed by atoms with Gasteiger partial charge in [0.15, 0.2) is 5.96 Å². The van der Waals surface area contributed by atoms with Crippen LogP contribution in [0.5, 0.6) is 0 Å². The van der Waals surface area contributed by atoms with Crippen molar-refractivity contribution < 1.29 is 0 Å². The summed E-state index contributed by atoms with van der Waals surface area (Å²) in [5, 5.41) is 7.82. The molecule has 0 radical (unpaired) electrons. The standard InChI is InChI=1S/C17H24N4S.HI/c1-13-16(22-14(2)21-13)12-20-17(18-3)19-11-7-10-15-8-5-4-6-9-15;/h4-6,8-9H,7,10-12H2,1-3H3,(H2,18,19,20);1H. The average molecular weight is 444 g/mol. The molecule has 0 saturated heterocycles. The molecule has 2 aromatic rings. The maximum atomic E-state index is 4.44. The Labute approximate surface area is 159 Å². The molecule has 0 unspecified atom stereocenters. The average Bonchev–Trinajstić information content (AvgIpc) is 2.85. The van der Waals surface area contributed by atoms with Crippen molar-refractivity contribution >= 4 is 41.3 Å². The Kier molecular flexibility index (Phi) is 9.16. The second-order valence-corrected chi connectivity index (χ2v) is 6.47. The summed E-state index contributed by atoms with van der Waals surface area (Å²) in [6.45, 7) is 5.78. The van der Waals surface area contributed by atoms with Crippen LogP contribution in [0.4, 0.5) is 0 Å². The van der Waals surface area contributed by atoms with E-state index in [2.05, 4.69) is 57.9 Å². The first-order valence-electron chi connectivity index (χ1n) is 7.60. The lowest BCUT2D eigenvalue weighted by molar-refractivity contribution is 0.743. The van der Waals surface area contributed by atoms with Gasteiger partial charge in [-0.2, -0.15) is 0 Å². The highest BCUT2D eigenvalue weighted by Gasteiger charge is 2.05. The summed E-state index contributed by atoms with van der Waals surface area (Å²) < 4.78 is 0. The molecule has 126 valence electrons. The number of halogens is 1. The minimum Gasteiger partial charge on any atom is -0.356 e. The topological polar surface area (TPSA) is 49.3 Å². The van der Waals surface area contributed by atoms with E-state index in [4.69, 9.17) is 0 Å². The van der Waals surface area contributed by atoms with E-state index in [0.717, 1.165) is 42.6 Å². The van der Waals surface area contributed by atoms with E-state index in [-0.39, 0.29) is 24.0 Å². The van der Waals surface area contributed by atoms with Crippen LogP contribution in [0.25, 0.3) is 0 Å². The zero-order valence-corrected chi connectivity index (χ0v) is 17.1. The molecule has 0 bridgehead atoms. The van der Waals surface area contributed by atoms with Gasteiger partial charge in [0.05, 0.1) is 17.2 Å². The summed E-state index contributed by atoms with van der Waals surface area (Å²) in [5.74, 6) is 0.846. The second kappa shape index (κ2) is 10.6. The second-order valence-electron chi connectivity index (χ2n) is 5.18. The normalized spacial score (nSPS) is 11.0. The van der Waals surface area contributed by atoms with Crippen LogP contribution in [-0.2, 0) is 13.0 Å². The Balaban J connectivity index is 0.00000264. The number of hydrogen-bond donors (Lipinski definition) is 2. The summed E-state index contributed by atoms with van der Waals surface area (Å²) in [5.41, 5.74) is 2.48. The fraction of sp³-hybridized carbons (Fsp3) is 0.412. The Hall–Kier alpha value is -1.15. The van der Waals surface area contributed by atoms with Crippen LogP contribution in [0.15, 0.2) is 35.3 Å². The van der Waals surface area contributed by atoms with E-state index in [9.17, 15) is 0 Å². The lowest BCUT2D eigenvalue weighted by atomic mass is 10.1. The van der Waals surface area contributed by atoms with E-state index in [0.29, 0.717) is 0 Å². The van der Waals surface area contributed by atoms with Crippen LogP contribution in [0.1, 0.15) is 27.6 Å². The third-order valence-corrected chi connectivity index (χ3v) is 4.49. The van der Waals surface area contributed by atoms with Crippen LogP contribution >= 0.6 is 35.3 Å². The lowest BCUT2D eigenvalue weighted by Crippen LogP contribution is -2.37. The monoisotopic (exact) mass is 444 g/mol. The van der Waals surface area contributed by atoms with E-state index in [1.807, 2.05) is 6.92 Å². The van der Waals surface area contributed by atoms with Gasteiger partial charge in [-0.15, -0.1) is 35.3 Å². The maximum absolute atomic E-state index is 4.44. The minimum atomic E-state index is 0. The van der Waals surface area contributed by atoms with Crippen molar-refractivity contribution in [3.05, 3.63) is 51.5 Å². The number of nitrogens with zero attached hydrogens (tertiary/aromatic N) is 2. The summed E-state index contributed by atoms with van der Waals surface area (Å²) in [6.07, 6.45) is 2.17. The molecule has 0 aliphatic carbocycles. The third-order valence-electron chi connectivity index (χ3n) is 3.42. The van der Waals surface area contributed by atoms with Crippen LogP contribution in [0.2, 0.25) is 0 Å². The van der Waals surface area contributed by atoms with Crippen molar-refractivity contribution in [2.45, 2.75) is 33.2 Å². The van der Waals surface area contributed by atoms with Crippen molar-refractivity contribution in [1.82, 2.24) is 15.6 Å². The number of rotatable bonds is 6. The van der Waals surface area contributed by atoms with Crippen LogP contribution < -0.4 is 10.6 Å². The number of aliphatic imine (C=N–C) groups is 1. The molecule has 2 rings (SSSR count). The smallest absolute Gasteiger partial charge is 0.191 e. The molecular formula is C17H25IN4S. The molecule has 0 amide bonds. The predicted octanol–water partition coefficient (Wildman–Crippen LogP) is 3.68. The van der Waals surface area contributed by atoms with Gasteiger partial charge in [0.1, 0.15) is 0 Å². The zero-order chi connectivity index (χ0) is 15.8. The van der Waals surface area contributed by atoms with E-state index >= 15 is 0 Å². The molecule has 6 heteroatoms. The van der Waals surface area contributed by atoms with Gasteiger partial charge in [-0.3, -0.25) is 4.99 Å². The molecule has 4 nitrogen and oxygen atoms in total. The largest absolute Gasteiger partial charge is 0.356 e. The van der Waals surface area contributed by atoms with Gasteiger partial charge in [-0.25, -0.2) is 4.98 Å². The summed E-state index contributed by atoms with van der Waals surface area (Å²) in [6, 6.07) is 10.6. The van der Waals surface area contributed by atoms with Crippen molar-refractivity contribution in [2.24, 2.45) is 4.99 Å². The summed E-state index contributed by atoms with van der Waals surface area (Å²) >= 11 is 1.74. The molecular weight excluding hydrogens is 419 g/mol. The predicted molar refractivity (Wildman–Crippen MR) is 110 cm³/mol. The Bertz CT molecular complexity index is 610. The first kappa shape index (κ1) is 19.9. The lowest BCUT2D eigenvalue weighted by Gasteiger charge is -2.11. The van der Waals surface area contributed by atoms with Crippen molar-refractivity contribution in [3.63, 3.8) is 0 Å². The Morgan fingerprint density at radius 1 is 1.17 bits per heavy atom. The van der Waals surface area contributed by atoms with E-state index in [1.54, 1.807) is 18.4 Å². The first-order chi connectivity index (χ1) is 10.7. The fourth-order valence-electron chi connectivity index (χ4n) is 2.27. The molecule has 0 aliphatic heterocycles. The highest BCUT2D eigenvalue weighted by atomic mass is 127. The van der Waals surface area contributed by atoms with Gasteiger partial charge in [-0.05, 0) is 32.3 Å². The Morgan fingerprint density at radius 2 is 1.91 bits per heavy atom. The summed E-state index contributed by atoms with van der Waals surface area (Å²) in [7, 11) is 1.80. The number of aryl methyl sites for hydroxylation is 3. The highest BCUT2D eigenvalue weighted by Crippen LogP contribution is 2.16. The minimum absolute atomic E-state index is 0. The molecule has 0 atom stereocenters. The number of hydrogen-bond acceptors (Lipinski definition) is 3. The number of nitrogens with one attached hydrogen (secondary N) is 2. The molecule has 0 fully saturated rings. The van der Waals surface area contributed by atoms with Gasteiger partial charge in [-0.1, -0.05) is 30.3 Å².